The van der Waals surface area contributed by atoms with Crippen LogP contribution >= 0.6 is 0 Å². The maximum atomic E-state index is 14.9. The Morgan fingerprint density at radius 2 is 1.11 bits per heavy atom. The van der Waals surface area contributed by atoms with Gasteiger partial charge in [0.25, 0.3) is 0 Å². The van der Waals surface area contributed by atoms with Gasteiger partial charge in [0.2, 0.25) is 41.4 Å². The molecule has 2 aromatic carbocycles. The Morgan fingerprint density at radius 1 is 0.621 bits per heavy atom. The Kier molecular flexibility index (Phi) is 23.6. The molecule has 1 aliphatic heterocycles. The van der Waals surface area contributed by atoms with Gasteiger partial charge in [0.05, 0.1) is 18.1 Å². The Labute approximate surface area is 515 Å². The number of likely N-dealkylation sites (N-methyl/N-ethyl adjacent to an activating group) is 2. The number of aryl methyl sites for hydroxylation is 2. The maximum Gasteiger partial charge on any atom is 0.410 e. The van der Waals surface area contributed by atoms with E-state index in [-0.39, 0.29) is 93.1 Å². The topological polar surface area (TPSA) is 271 Å². The molecular formula is C66H99N9O12. The monoisotopic (exact) mass is 1210 g/mol. The SMILES string of the molecule is C[C@@H]1CC(C(=O)[C@H](CCCNC(=O)CCCC(=O)N[C@H]2C[C@@H](C(=O)N[C@@H]3CCCc4ccccc43)N(C(=O)[C@@H](NC(=O)[C@H](C)N(C)C(=O)OC(C)(C)C)C(C)(C)C)C2)NC(=O)[C@H](C)N(C)C(=O)OC(C)(C)C)[C@H](C(=O)N[C@@H]2CCCc3ccccc32)C1. The minimum absolute atomic E-state index is 0.0130. The molecular weight excluding hydrogens is 1110 g/mol. The van der Waals surface area contributed by atoms with E-state index >= 15 is 0 Å². The highest BCUT2D eigenvalue weighted by Crippen LogP contribution is 2.40. The van der Waals surface area contributed by atoms with E-state index in [1.54, 1.807) is 69.2 Å². The number of benzene rings is 2. The number of hydrogen-bond donors (Lipinski definition) is 6. The minimum Gasteiger partial charge on any atom is -0.444 e. The van der Waals surface area contributed by atoms with Crippen molar-refractivity contribution in [1.29, 1.82) is 0 Å². The fourth-order valence-electron chi connectivity index (χ4n) is 12.3. The van der Waals surface area contributed by atoms with Gasteiger partial charge in [-0.2, -0.15) is 0 Å². The van der Waals surface area contributed by atoms with Crippen LogP contribution in [0.4, 0.5) is 9.59 Å². The molecule has 1 heterocycles. The summed E-state index contributed by atoms with van der Waals surface area (Å²) in [5.41, 5.74) is 1.95. The predicted molar refractivity (Wildman–Crippen MR) is 329 cm³/mol. The molecule has 21 nitrogen and oxygen atoms in total. The van der Waals surface area contributed by atoms with Crippen LogP contribution < -0.4 is 31.9 Å². The zero-order valence-corrected chi connectivity index (χ0v) is 54.0. The van der Waals surface area contributed by atoms with Gasteiger partial charge in [0.1, 0.15) is 35.4 Å². The van der Waals surface area contributed by atoms with Gasteiger partial charge in [-0.15, -0.1) is 0 Å². The maximum absolute atomic E-state index is 14.9. The van der Waals surface area contributed by atoms with Crippen LogP contribution in [-0.4, -0.2) is 149 Å². The molecule has 9 amide bonds. The lowest BCUT2D eigenvalue weighted by Crippen LogP contribution is -2.60. The largest absolute Gasteiger partial charge is 0.444 e. The Morgan fingerprint density at radius 3 is 1.64 bits per heavy atom. The fourth-order valence-corrected chi connectivity index (χ4v) is 12.3. The molecule has 1 unspecified atom stereocenters. The van der Waals surface area contributed by atoms with Crippen LogP contribution in [0.3, 0.4) is 0 Å². The number of nitrogens with zero attached hydrogens (tertiary/aromatic N) is 3. The summed E-state index contributed by atoms with van der Waals surface area (Å²) in [5, 5.41) is 18.1. The van der Waals surface area contributed by atoms with Gasteiger partial charge in [-0.3, -0.25) is 48.2 Å². The molecule has 2 aromatic rings. The third-order valence-corrected chi connectivity index (χ3v) is 17.3. The van der Waals surface area contributed by atoms with E-state index in [4.69, 9.17) is 9.47 Å². The van der Waals surface area contributed by atoms with Crippen molar-refractivity contribution in [3.8, 4) is 0 Å². The first-order valence-corrected chi connectivity index (χ1v) is 31.4. The normalized spacial score (nSPS) is 22.3. The Bertz CT molecular complexity index is 2820. The van der Waals surface area contributed by atoms with E-state index in [9.17, 15) is 47.9 Å². The summed E-state index contributed by atoms with van der Waals surface area (Å²) in [6.45, 7) is 20.9. The van der Waals surface area contributed by atoms with Gasteiger partial charge in [-0.05, 0) is 166 Å². The van der Waals surface area contributed by atoms with Crippen LogP contribution in [0.2, 0.25) is 0 Å². The average molecular weight is 1210 g/mol. The molecule has 0 aromatic heterocycles. The van der Waals surface area contributed by atoms with Crippen LogP contribution in [-0.2, 0) is 60.7 Å². The molecule has 1 saturated carbocycles. The first kappa shape index (κ1) is 69.0. The number of likely N-dealkylation sites (tertiary alicyclic amines) is 1. The molecule has 87 heavy (non-hydrogen) atoms. The quantitative estimate of drug-likeness (QED) is 0.0635. The van der Waals surface area contributed by atoms with E-state index in [2.05, 4.69) is 38.0 Å². The van der Waals surface area contributed by atoms with Crippen molar-refractivity contribution in [3.63, 3.8) is 0 Å². The van der Waals surface area contributed by atoms with Crippen LogP contribution in [0.1, 0.15) is 194 Å². The van der Waals surface area contributed by atoms with E-state index in [1.165, 1.54) is 36.4 Å². The Balaban J connectivity index is 1.07. The molecule has 6 N–H and O–H groups in total. The first-order chi connectivity index (χ1) is 40.7. The summed E-state index contributed by atoms with van der Waals surface area (Å²) >= 11 is 0. The number of fused-ring (bicyclic) bond motifs is 2. The highest BCUT2D eigenvalue weighted by Gasteiger charge is 2.48. The molecule has 1 saturated heterocycles. The molecule has 2 fully saturated rings. The van der Waals surface area contributed by atoms with Gasteiger partial charge < -0.3 is 46.3 Å². The second-order valence-corrected chi connectivity index (χ2v) is 27.8. The van der Waals surface area contributed by atoms with E-state index in [0.717, 1.165) is 53.7 Å². The molecule has 21 heteroatoms. The zero-order chi connectivity index (χ0) is 64.3. The number of hydrogen-bond acceptors (Lipinski definition) is 12. The summed E-state index contributed by atoms with van der Waals surface area (Å²) in [4.78, 5) is 143. The summed E-state index contributed by atoms with van der Waals surface area (Å²) in [6.07, 6.45) is 5.24. The van der Waals surface area contributed by atoms with Crippen molar-refractivity contribution < 1.29 is 57.4 Å². The zero-order valence-electron chi connectivity index (χ0n) is 54.0. The van der Waals surface area contributed by atoms with E-state index < -0.39 is 101 Å². The van der Waals surface area contributed by atoms with Crippen molar-refractivity contribution in [3.05, 3.63) is 70.8 Å². The lowest BCUT2D eigenvalue weighted by molar-refractivity contribution is -0.144. The third-order valence-electron chi connectivity index (χ3n) is 17.3. The molecule has 0 bridgehead atoms. The number of carbonyl (C=O) groups is 10. The van der Waals surface area contributed by atoms with Crippen molar-refractivity contribution in [2.45, 2.75) is 233 Å². The van der Waals surface area contributed by atoms with Crippen molar-refractivity contribution >= 4 is 59.3 Å². The second-order valence-electron chi connectivity index (χ2n) is 27.8. The average Bonchev–Trinajstić information content (AvgIpc) is 2.42. The number of rotatable bonds is 22. The van der Waals surface area contributed by atoms with Gasteiger partial charge in [-0.1, -0.05) is 76.2 Å². The van der Waals surface area contributed by atoms with Crippen LogP contribution in [0, 0.1) is 23.2 Å². The standard InChI is InChI=1S/C66H99N9O12/c1-39-35-47(48(36-39)59(81)69-49-29-19-25-42-23-15-17-27-45(42)49)55(78)51(71-57(79)40(2)73(13)62(84)86-65(7,8)9)31-22-34-67-53(76)32-21-33-54(77)68-44-37-52(60(82)70-50-30-20-26-43-24-16-18-28-46(43)50)75(38-44)61(83)56(64(4,5)6)72-58(80)41(3)74(14)63(85)87-66(10,11)12/h15-18,23-24,27-28,39-41,44,47-52,56H,19-22,25-26,29-38H2,1-14H3,(H,67,76)(H,68,77)(H,69,81)(H,70,82)(H,71,79)(H,72,80)/t39-,40+,41+,44+,47?,48-,49-,50-,51+,52+,56-/m1/s1. The smallest absolute Gasteiger partial charge is 0.410 e. The number of nitrogens with one attached hydrogen (secondary N) is 6. The summed E-state index contributed by atoms with van der Waals surface area (Å²) in [5.74, 6) is -4.53. The number of ether oxygens (including phenoxy) is 2. The summed E-state index contributed by atoms with van der Waals surface area (Å²) in [7, 11) is 2.89. The fraction of sp³-hybridized carbons (Fsp3) is 0.667. The summed E-state index contributed by atoms with van der Waals surface area (Å²) < 4.78 is 11.0. The molecule has 0 radical (unpaired) electrons. The highest BCUT2D eigenvalue weighted by molar-refractivity contribution is 5.97. The number of ketones is 1. The van der Waals surface area contributed by atoms with Crippen LogP contribution in [0.5, 0.6) is 0 Å². The molecule has 3 aliphatic carbocycles. The molecule has 6 rings (SSSR count). The Hall–Kier alpha value is -7.06. The van der Waals surface area contributed by atoms with Crippen LogP contribution in [0.15, 0.2) is 48.5 Å². The third kappa shape index (κ3) is 19.2. The second kappa shape index (κ2) is 29.8. The predicted octanol–water partition coefficient (Wildman–Crippen LogP) is 7.28. The summed E-state index contributed by atoms with van der Waals surface area (Å²) in [6, 6.07) is 9.66. The first-order valence-electron chi connectivity index (χ1n) is 31.4. The van der Waals surface area contributed by atoms with Crippen molar-refractivity contribution in [2.24, 2.45) is 23.2 Å². The van der Waals surface area contributed by atoms with Crippen LogP contribution in [0.25, 0.3) is 0 Å². The van der Waals surface area contributed by atoms with Crippen molar-refractivity contribution in [2.75, 3.05) is 27.2 Å². The van der Waals surface area contributed by atoms with E-state index in [0.29, 0.717) is 19.3 Å². The lowest BCUT2D eigenvalue weighted by atomic mass is 9.84. The lowest BCUT2D eigenvalue weighted by Gasteiger charge is -2.37. The number of amides is 9. The van der Waals surface area contributed by atoms with Gasteiger partial charge in [-0.25, -0.2) is 9.59 Å². The molecule has 0 spiro atoms. The van der Waals surface area contributed by atoms with Gasteiger partial charge >= 0.3 is 12.2 Å². The number of Topliss-reactive ketones (excluding diaryl/α,β-unsaturated/α-hetero) is 1. The molecule has 11 atom stereocenters. The van der Waals surface area contributed by atoms with Gasteiger partial charge in [0.15, 0.2) is 5.78 Å². The molecule has 480 valence electrons. The minimum atomic E-state index is -1.14. The van der Waals surface area contributed by atoms with Crippen molar-refractivity contribution in [1.82, 2.24) is 46.6 Å². The van der Waals surface area contributed by atoms with Gasteiger partial charge in [0, 0.05) is 57.9 Å². The van der Waals surface area contributed by atoms with E-state index in [1.807, 2.05) is 49.4 Å². The number of carbonyl (C=O) groups excluding carboxylic acids is 10. The highest BCUT2D eigenvalue weighted by atomic mass is 16.6. The molecule has 4 aliphatic rings.